The van der Waals surface area contributed by atoms with Crippen LogP contribution in [-0.4, -0.2) is 48.6 Å². The Morgan fingerprint density at radius 3 is 3.08 bits per heavy atom. The van der Waals surface area contributed by atoms with E-state index in [1.807, 2.05) is 24.6 Å². The number of rotatable bonds is 6. The van der Waals surface area contributed by atoms with E-state index in [1.165, 1.54) is 21.9 Å². The maximum absolute atomic E-state index is 4.40. The number of fused-ring (bicyclic) bond motifs is 1. The lowest BCUT2D eigenvalue weighted by Crippen LogP contribution is -2.47. The molecule has 2 aromatic rings. The maximum atomic E-state index is 4.40. The van der Waals surface area contributed by atoms with Crippen molar-refractivity contribution in [3.05, 3.63) is 38.0 Å². The van der Waals surface area contributed by atoms with E-state index in [9.17, 15) is 0 Å². The summed E-state index contributed by atoms with van der Waals surface area (Å²) in [4.78, 5) is 14.1. The van der Waals surface area contributed by atoms with Gasteiger partial charge in [0.15, 0.2) is 5.96 Å². The van der Waals surface area contributed by atoms with Gasteiger partial charge in [0.05, 0.1) is 5.01 Å². The minimum Gasteiger partial charge on any atom is -0.356 e. The van der Waals surface area contributed by atoms with E-state index < -0.39 is 0 Å². The lowest BCUT2D eigenvalue weighted by atomic mass is 10.1. The summed E-state index contributed by atoms with van der Waals surface area (Å²) in [6.07, 6.45) is 4.05. The highest BCUT2D eigenvalue weighted by molar-refractivity contribution is 7.11. The highest BCUT2D eigenvalue weighted by Gasteiger charge is 2.21. The number of aryl methyl sites for hydroxylation is 1. The van der Waals surface area contributed by atoms with E-state index in [4.69, 9.17) is 0 Å². The first-order chi connectivity index (χ1) is 12.2. The van der Waals surface area contributed by atoms with Gasteiger partial charge >= 0.3 is 0 Å². The number of nitrogens with zero attached hydrogens (tertiary/aromatic N) is 3. The SMILES string of the molecule is CN=C(NCCc1ncc(C)s1)NCC(C)N1CCc2sccc2C1. The molecular formula is C18H27N5S2. The van der Waals surface area contributed by atoms with Gasteiger partial charge in [0.2, 0.25) is 0 Å². The number of hydrogen-bond acceptors (Lipinski definition) is 5. The first kappa shape index (κ1) is 18.4. The molecule has 2 aromatic heterocycles. The number of aromatic nitrogens is 1. The van der Waals surface area contributed by atoms with E-state index in [-0.39, 0.29) is 0 Å². The Kier molecular flexibility index (Phi) is 6.45. The average molecular weight is 378 g/mol. The number of aliphatic imine (C=N–C) groups is 1. The van der Waals surface area contributed by atoms with Crippen LogP contribution in [0.3, 0.4) is 0 Å². The summed E-state index contributed by atoms with van der Waals surface area (Å²) >= 11 is 3.66. The minimum absolute atomic E-state index is 0.480. The van der Waals surface area contributed by atoms with Gasteiger partial charge in [-0.1, -0.05) is 0 Å². The number of thiazole rings is 1. The quantitative estimate of drug-likeness (QED) is 0.600. The van der Waals surface area contributed by atoms with Crippen molar-refractivity contribution in [3.8, 4) is 0 Å². The second-order valence-electron chi connectivity index (χ2n) is 6.43. The highest BCUT2D eigenvalue weighted by atomic mass is 32.1. The Morgan fingerprint density at radius 2 is 2.32 bits per heavy atom. The number of hydrogen-bond donors (Lipinski definition) is 2. The zero-order valence-electron chi connectivity index (χ0n) is 15.2. The predicted octanol–water partition coefficient (Wildman–Crippen LogP) is 2.67. The lowest BCUT2D eigenvalue weighted by Gasteiger charge is -2.32. The molecule has 1 unspecified atom stereocenters. The summed E-state index contributed by atoms with van der Waals surface area (Å²) in [5.41, 5.74) is 1.50. The van der Waals surface area contributed by atoms with Crippen LogP contribution in [0.15, 0.2) is 22.6 Å². The summed E-state index contributed by atoms with van der Waals surface area (Å²) in [6, 6.07) is 2.75. The van der Waals surface area contributed by atoms with Crippen molar-refractivity contribution in [2.24, 2.45) is 4.99 Å². The van der Waals surface area contributed by atoms with Crippen LogP contribution in [0.25, 0.3) is 0 Å². The van der Waals surface area contributed by atoms with Gasteiger partial charge in [-0.05, 0) is 37.3 Å². The third-order valence-corrected chi connectivity index (χ3v) is 6.55. The van der Waals surface area contributed by atoms with E-state index in [0.29, 0.717) is 6.04 Å². The summed E-state index contributed by atoms with van der Waals surface area (Å²) < 4.78 is 0. The molecule has 136 valence electrons. The molecule has 25 heavy (non-hydrogen) atoms. The van der Waals surface area contributed by atoms with Gasteiger partial charge in [-0.3, -0.25) is 9.89 Å². The van der Waals surface area contributed by atoms with Gasteiger partial charge in [0.25, 0.3) is 0 Å². The molecule has 3 heterocycles. The van der Waals surface area contributed by atoms with Crippen molar-refractivity contribution in [2.45, 2.75) is 39.3 Å². The van der Waals surface area contributed by atoms with Crippen molar-refractivity contribution in [1.82, 2.24) is 20.5 Å². The number of guanidine groups is 1. The first-order valence-electron chi connectivity index (χ1n) is 8.81. The van der Waals surface area contributed by atoms with Crippen LogP contribution in [0, 0.1) is 6.92 Å². The Bertz CT molecular complexity index is 706. The maximum Gasteiger partial charge on any atom is 0.191 e. The Hall–Kier alpha value is -1.44. The molecule has 7 heteroatoms. The Labute approximate surface area is 158 Å². The van der Waals surface area contributed by atoms with Gasteiger partial charge in [0.1, 0.15) is 0 Å². The zero-order valence-corrected chi connectivity index (χ0v) is 16.8. The summed E-state index contributed by atoms with van der Waals surface area (Å²) in [5, 5.41) is 10.2. The van der Waals surface area contributed by atoms with Crippen molar-refractivity contribution >= 4 is 28.6 Å². The van der Waals surface area contributed by atoms with Crippen molar-refractivity contribution in [2.75, 3.05) is 26.7 Å². The van der Waals surface area contributed by atoms with Gasteiger partial charge in [-0.15, -0.1) is 22.7 Å². The molecule has 1 aliphatic heterocycles. The standard InChI is InChI=1S/C18H27N5S2/c1-13(23-8-5-16-15(12-23)6-9-24-16)10-22-18(19-3)20-7-4-17-21-11-14(2)25-17/h6,9,11,13H,4-5,7-8,10,12H2,1-3H3,(H2,19,20,22). The van der Waals surface area contributed by atoms with Gasteiger partial charge in [0, 0.05) is 61.6 Å². The van der Waals surface area contributed by atoms with Crippen LogP contribution >= 0.6 is 22.7 Å². The van der Waals surface area contributed by atoms with Crippen LogP contribution in [0.2, 0.25) is 0 Å². The molecule has 0 fully saturated rings. The van der Waals surface area contributed by atoms with E-state index >= 15 is 0 Å². The smallest absolute Gasteiger partial charge is 0.191 e. The molecule has 0 bridgehead atoms. The van der Waals surface area contributed by atoms with E-state index in [1.54, 1.807) is 16.2 Å². The van der Waals surface area contributed by atoms with Gasteiger partial charge in [-0.25, -0.2) is 4.98 Å². The number of nitrogens with one attached hydrogen (secondary N) is 2. The summed E-state index contributed by atoms with van der Waals surface area (Å²) in [5.74, 6) is 0.869. The largest absolute Gasteiger partial charge is 0.356 e. The first-order valence-corrected chi connectivity index (χ1v) is 10.5. The normalized spacial score (nSPS) is 16.5. The fourth-order valence-corrected chi connectivity index (χ4v) is 4.72. The minimum atomic E-state index is 0.480. The third kappa shape index (κ3) is 5.03. The molecule has 0 saturated carbocycles. The lowest BCUT2D eigenvalue weighted by molar-refractivity contribution is 0.192. The van der Waals surface area contributed by atoms with Gasteiger partial charge in [-0.2, -0.15) is 0 Å². The predicted molar refractivity (Wildman–Crippen MR) is 108 cm³/mol. The number of thiophene rings is 1. The van der Waals surface area contributed by atoms with Crippen molar-refractivity contribution < 1.29 is 0 Å². The molecule has 0 aromatic carbocycles. The molecule has 5 nitrogen and oxygen atoms in total. The molecule has 3 rings (SSSR count). The van der Waals surface area contributed by atoms with Crippen LogP contribution in [-0.2, 0) is 19.4 Å². The van der Waals surface area contributed by atoms with Gasteiger partial charge < -0.3 is 10.6 Å². The molecule has 0 amide bonds. The molecule has 1 atom stereocenters. The molecule has 2 N–H and O–H groups in total. The Balaban J connectivity index is 1.40. The highest BCUT2D eigenvalue weighted by Crippen LogP contribution is 2.24. The molecular weight excluding hydrogens is 350 g/mol. The van der Waals surface area contributed by atoms with Crippen LogP contribution in [0.1, 0.15) is 27.2 Å². The average Bonchev–Trinajstić information content (AvgIpc) is 3.25. The van der Waals surface area contributed by atoms with E-state index in [2.05, 4.69) is 50.8 Å². The summed E-state index contributed by atoms with van der Waals surface area (Å²) in [6.45, 7) is 8.34. The van der Waals surface area contributed by atoms with Crippen LogP contribution in [0.5, 0.6) is 0 Å². The monoisotopic (exact) mass is 377 g/mol. The molecule has 0 radical (unpaired) electrons. The fourth-order valence-electron chi connectivity index (χ4n) is 3.05. The Morgan fingerprint density at radius 1 is 1.44 bits per heavy atom. The zero-order chi connectivity index (χ0) is 17.6. The topological polar surface area (TPSA) is 52.6 Å². The van der Waals surface area contributed by atoms with E-state index in [0.717, 1.165) is 38.6 Å². The summed E-state index contributed by atoms with van der Waals surface area (Å²) in [7, 11) is 1.83. The van der Waals surface area contributed by atoms with Crippen molar-refractivity contribution in [1.29, 1.82) is 0 Å². The second kappa shape index (κ2) is 8.78. The van der Waals surface area contributed by atoms with Crippen LogP contribution in [0.4, 0.5) is 0 Å². The second-order valence-corrected chi connectivity index (χ2v) is 8.75. The molecule has 1 aliphatic rings. The molecule has 0 spiro atoms. The van der Waals surface area contributed by atoms with Crippen molar-refractivity contribution in [3.63, 3.8) is 0 Å². The molecule has 0 saturated heterocycles. The molecule has 0 aliphatic carbocycles. The fraction of sp³-hybridized carbons (Fsp3) is 0.556. The van der Waals surface area contributed by atoms with Crippen LogP contribution < -0.4 is 10.6 Å². The third-order valence-electron chi connectivity index (χ3n) is 4.55.